The lowest BCUT2D eigenvalue weighted by atomic mass is 10.0. The summed E-state index contributed by atoms with van der Waals surface area (Å²) >= 11 is 0. The number of nitrogens with zero attached hydrogens (tertiary/aromatic N) is 2. The van der Waals surface area contributed by atoms with E-state index in [0.29, 0.717) is 39.0 Å². The summed E-state index contributed by atoms with van der Waals surface area (Å²) in [6.45, 7) is 12.2. The second-order valence-electron chi connectivity index (χ2n) is 19.2. The summed E-state index contributed by atoms with van der Waals surface area (Å²) in [4.78, 5) is 30.5. The first-order chi connectivity index (χ1) is 29.6. The van der Waals surface area contributed by atoms with Gasteiger partial charge in [0.25, 0.3) is 0 Å². The molecule has 0 saturated carbocycles. The van der Waals surface area contributed by atoms with Crippen molar-refractivity contribution in [1.82, 2.24) is 20.4 Å². The zero-order valence-electron chi connectivity index (χ0n) is 40.5. The second kappa shape index (κ2) is 40.2. The third kappa shape index (κ3) is 33.8. The Morgan fingerprint density at radius 3 is 0.984 bits per heavy atom. The fourth-order valence-corrected chi connectivity index (χ4v) is 9.05. The highest BCUT2D eigenvalue weighted by Gasteiger charge is 2.33. The van der Waals surface area contributed by atoms with Crippen molar-refractivity contribution in [2.75, 3.05) is 39.3 Å². The molecule has 1 saturated heterocycles. The molecule has 1 heterocycles. The Morgan fingerprint density at radius 2 is 0.689 bits per heavy atom. The van der Waals surface area contributed by atoms with E-state index in [1.54, 1.807) is 6.92 Å². The molecule has 2 amide bonds. The van der Waals surface area contributed by atoms with Crippen molar-refractivity contribution in [2.45, 2.75) is 276 Å². The molecule has 0 bridgehead atoms. The van der Waals surface area contributed by atoms with Crippen LogP contribution in [0.2, 0.25) is 0 Å². The lowest BCUT2D eigenvalue weighted by molar-refractivity contribution is -0.137. The first kappa shape index (κ1) is 57.7. The zero-order chi connectivity index (χ0) is 44.8. The van der Waals surface area contributed by atoms with Crippen LogP contribution in [0.5, 0.6) is 0 Å². The molecule has 0 radical (unpaired) electrons. The monoisotopic (exact) mass is 867 g/mol. The Balaban J connectivity index is 2.47. The lowest BCUT2D eigenvalue weighted by Gasteiger charge is -2.31. The number of amides is 2. The Labute approximate surface area is 376 Å². The molecule has 1 aliphatic heterocycles. The van der Waals surface area contributed by atoms with Gasteiger partial charge >= 0.3 is 0 Å². The average Bonchev–Trinajstić information content (AvgIpc) is 3.22. The Bertz CT molecular complexity index is 976. The first-order valence-electron chi connectivity index (χ1n) is 26.4. The van der Waals surface area contributed by atoms with Crippen LogP contribution in [0.25, 0.3) is 0 Å². The second-order valence-corrected chi connectivity index (χ2v) is 19.2. The number of carbonyl (C=O) groups is 2. The van der Waals surface area contributed by atoms with Crippen LogP contribution in [-0.4, -0.2) is 118 Å². The fourth-order valence-electron chi connectivity index (χ4n) is 9.05. The Kier molecular flexibility index (Phi) is 38.1. The molecule has 1 aliphatic rings. The standard InChI is InChI=1S/C51H102N4O6/c1-5-8-11-14-17-20-23-26-33-45(57)41-54(40-44(4)56)38-31-29-36-48-50(60)53-49(51(61)52-48)37-30-32-39-55(42-46(58)34-27-24-21-18-15-12-9-6-2)43-47(59)35-28-25-22-19-16-13-10-7-3/h44-49,56-59H,5-43H2,1-4H3,(H,52,61)(H,53,60)/t44-,45-,46-,47+,48+,49+/m0/s1. The largest absolute Gasteiger partial charge is 0.392 e. The Morgan fingerprint density at radius 1 is 0.410 bits per heavy atom. The normalized spacial score (nSPS) is 17.8. The van der Waals surface area contributed by atoms with E-state index >= 15 is 0 Å². The number of nitrogens with one attached hydrogen (secondary N) is 2. The number of piperazine rings is 1. The molecule has 1 fully saturated rings. The highest BCUT2D eigenvalue weighted by molar-refractivity contribution is 5.96. The summed E-state index contributed by atoms with van der Waals surface area (Å²) in [5.74, 6) is -0.246. The SMILES string of the molecule is CCCCCCCCCC[C@@H](O)CN(CCCC[C@H]1NC(=O)[C@@H](CCCCN(C[C@@H](O)CCCCCCCCCC)C[C@H](C)O)NC1=O)C[C@@H](O)CCCCCCCCCC. The molecule has 61 heavy (non-hydrogen) atoms. The molecule has 0 aliphatic carbocycles. The first-order valence-corrected chi connectivity index (χ1v) is 26.4. The molecule has 1 rings (SSSR count). The number of unbranched alkanes of at least 4 members (excludes halogenated alkanes) is 23. The summed E-state index contributed by atoms with van der Waals surface area (Å²) in [6, 6.07) is -1.08. The van der Waals surface area contributed by atoms with Crippen molar-refractivity contribution in [2.24, 2.45) is 0 Å². The van der Waals surface area contributed by atoms with Gasteiger partial charge in [-0.2, -0.15) is 0 Å². The summed E-state index contributed by atoms with van der Waals surface area (Å²) in [5.41, 5.74) is 0. The van der Waals surface area contributed by atoms with Crippen molar-refractivity contribution < 1.29 is 30.0 Å². The summed E-state index contributed by atoms with van der Waals surface area (Å²) in [6.07, 6.45) is 34.7. The number of hydrogen-bond acceptors (Lipinski definition) is 8. The molecule has 10 nitrogen and oxygen atoms in total. The van der Waals surface area contributed by atoms with Crippen molar-refractivity contribution >= 4 is 11.8 Å². The lowest BCUT2D eigenvalue weighted by Crippen LogP contribution is -2.61. The van der Waals surface area contributed by atoms with Crippen LogP contribution >= 0.6 is 0 Å². The van der Waals surface area contributed by atoms with E-state index in [1.807, 2.05) is 0 Å². The van der Waals surface area contributed by atoms with E-state index in [2.05, 4.69) is 41.2 Å². The van der Waals surface area contributed by atoms with Crippen molar-refractivity contribution in [3.05, 3.63) is 0 Å². The minimum Gasteiger partial charge on any atom is -0.392 e. The van der Waals surface area contributed by atoms with E-state index in [1.165, 1.54) is 116 Å². The van der Waals surface area contributed by atoms with Gasteiger partial charge in [-0.05, 0) is 77.8 Å². The molecule has 0 aromatic rings. The molecular formula is C51H102N4O6. The molecule has 0 aromatic carbocycles. The fraction of sp³-hybridized carbons (Fsp3) is 0.961. The van der Waals surface area contributed by atoms with Crippen molar-refractivity contribution in [1.29, 1.82) is 0 Å². The molecule has 362 valence electrons. The quantitative estimate of drug-likeness (QED) is 0.0332. The molecule has 0 unspecified atom stereocenters. The van der Waals surface area contributed by atoms with Gasteiger partial charge in [-0.3, -0.25) is 19.4 Å². The molecular weight excluding hydrogens is 765 g/mol. The Hall–Kier alpha value is -1.30. The van der Waals surface area contributed by atoms with Crippen LogP contribution in [0, 0.1) is 0 Å². The molecule has 0 aromatic heterocycles. The van der Waals surface area contributed by atoms with Crippen molar-refractivity contribution in [3.63, 3.8) is 0 Å². The highest BCUT2D eigenvalue weighted by Crippen LogP contribution is 2.17. The maximum atomic E-state index is 13.1. The maximum absolute atomic E-state index is 13.1. The minimum absolute atomic E-state index is 0.122. The molecule has 6 atom stereocenters. The van der Waals surface area contributed by atoms with Gasteiger partial charge in [-0.25, -0.2) is 0 Å². The van der Waals surface area contributed by atoms with Gasteiger partial charge in [-0.1, -0.05) is 175 Å². The van der Waals surface area contributed by atoms with E-state index in [0.717, 1.165) is 96.6 Å². The highest BCUT2D eigenvalue weighted by atomic mass is 16.3. The molecule has 6 N–H and O–H groups in total. The maximum Gasteiger partial charge on any atom is 0.243 e. The summed E-state index contributed by atoms with van der Waals surface area (Å²) < 4.78 is 0. The number of aliphatic hydroxyl groups excluding tert-OH is 4. The van der Waals surface area contributed by atoms with E-state index in [-0.39, 0.29) is 11.8 Å². The third-order valence-corrected chi connectivity index (χ3v) is 12.8. The van der Waals surface area contributed by atoms with Gasteiger partial charge < -0.3 is 31.1 Å². The topological polar surface area (TPSA) is 146 Å². The van der Waals surface area contributed by atoms with Crippen LogP contribution in [0.15, 0.2) is 0 Å². The number of rotatable bonds is 45. The molecule has 0 spiro atoms. The predicted octanol–water partition coefficient (Wildman–Crippen LogP) is 9.97. The number of aliphatic hydroxyl groups is 4. The van der Waals surface area contributed by atoms with E-state index in [9.17, 15) is 30.0 Å². The number of hydrogen-bond donors (Lipinski definition) is 6. The number of carbonyl (C=O) groups excluding carboxylic acids is 2. The summed E-state index contributed by atoms with van der Waals surface area (Å²) in [5, 5.41) is 48.7. The van der Waals surface area contributed by atoms with Gasteiger partial charge in [-0.15, -0.1) is 0 Å². The predicted molar refractivity (Wildman–Crippen MR) is 256 cm³/mol. The van der Waals surface area contributed by atoms with Crippen LogP contribution < -0.4 is 10.6 Å². The minimum atomic E-state index is -0.540. The van der Waals surface area contributed by atoms with Gasteiger partial charge in [0.05, 0.1) is 24.4 Å². The third-order valence-electron chi connectivity index (χ3n) is 12.8. The van der Waals surface area contributed by atoms with Gasteiger partial charge in [0.15, 0.2) is 0 Å². The van der Waals surface area contributed by atoms with Crippen LogP contribution in [-0.2, 0) is 9.59 Å². The van der Waals surface area contributed by atoms with Crippen LogP contribution in [0.1, 0.15) is 240 Å². The van der Waals surface area contributed by atoms with E-state index < -0.39 is 36.5 Å². The van der Waals surface area contributed by atoms with E-state index in [4.69, 9.17) is 0 Å². The smallest absolute Gasteiger partial charge is 0.243 e. The van der Waals surface area contributed by atoms with Crippen LogP contribution in [0.4, 0.5) is 0 Å². The summed E-state index contributed by atoms with van der Waals surface area (Å²) in [7, 11) is 0. The average molecular weight is 867 g/mol. The zero-order valence-corrected chi connectivity index (χ0v) is 40.5. The van der Waals surface area contributed by atoms with Gasteiger partial charge in [0.2, 0.25) is 11.8 Å². The van der Waals surface area contributed by atoms with Gasteiger partial charge in [0.1, 0.15) is 12.1 Å². The van der Waals surface area contributed by atoms with Crippen LogP contribution in [0.3, 0.4) is 0 Å². The molecule has 10 heteroatoms. The van der Waals surface area contributed by atoms with Gasteiger partial charge in [0, 0.05) is 26.2 Å². The van der Waals surface area contributed by atoms with Crippen molar-refractivity contribution in [3.8, 4) is 0 Å².